The topological polar surface area (TPSA) is 96.7 Å². The number of carbonyl (C=O) groups is 2. The lowest BCUT2D eigenvalue weighted by Crippen LogP contribution is -2.45. The van der Waals surface area contributed by atoms with Gasteiger partial charge < -0.3 is 26.0 Å². The van der Waals surface area contributed by atoms with Crippen LogP contribution >= 0.6 is 0 Å². The maximum Gasteiger partial charge on any atom is 0.312 e. The lowest BCUT2D eigenvalue weighted by Gasteiger charge is -2.32. The molecule has 154 valence electrons. The molecule has 0 saturated carbocycles. The molecule has 4 N–H and O–H groups in total. The number of hydrogen-bond acceptors (Lipinski definition) is 4. The fourth-order valence-electron chi connectivity index (χ4n) is 3.56. The first-order valence-electron chi connectivity index (χ1n) is 9.88. The molecule has 7 heteroatoms. The van der Waals surface area contributed by atoms with Crippen molar-refractivity contribution in [2.24, 2.45) is 5.73 Å². The van der Waals surface area contributed by atoms with E-state index >= 15 is 0 Å². The van der Waals surface area contributed by atoms with Crippen molar-refractivity contribution in [2.75, 3.05) is 20.1 Å². The molecule has 0 spiro atoms. The van der Waals surface area contributed by atoms with Crippen LogP contribution in [0.5, 0.6) is 11.5 Å². The fraction of sp³-hybridized carbons (Fsp3) is 0.364. The summed E-state index contributed by atoms with van der Waals surface area (Å²) in [6, 6.07) is 15.8. The number of piperidine rings is 1. The summed E-state index contributed by atoms with van der Waals surface area (Å²) in [6.07, 6.45) is 1.99. The SMILES string of the molecule is CN(C(=O)CC(NC(N)=O)c1cccc(Oc2ccccc2)c1)C1CCNCC1. The van der Waals surface area contributed by atoms with Crippen LogP contribution in [0.25, 0.3) is 0 Å². The molecule has 2 aromatic rings. The van der Waals surface area contributed by atoms with Crippen molar-refractivity contribution in [1.29, 1.82) is 0 Å². The number of carbonyl (C=O) groups excluding carboxylic acids is 2. The molecule has 1 fully saturated rings. The summed E-state index contributed by atoms with van der Waals surface area (Å²) in [5.74, 6) is 1.32. The Labute approximate surface area is 171 Å². The maximum absolute atomic E-state index is 12.9. The van der Waals surface area contributed by atoms with Crippen molar-refractivity contribution in [3.05, 3.63) is 60.2 Å². The van der Waals surface area contributed by atoms with E-state index in [1.54, 1.807) is 4.90 Å². The zero-order chi connectivity index (χ0) is 20.6. The van der Waals surface area contributed by atoms with Gasteiger partial charge in [0.1, 0.15) is 11.5 Å². The number of nitrogens with zero attached hydrogens (tertiary/aromatic N) is 1. The van der Waals surface area contributed by atoms with Crippen molar-refractivity contribution >= 4 is 11.9 Å². The van der Waals surface area contributed by atoms with Gasteiger partial charge in [0.15, 0.2) is 0 Å². The van der Waals surface area contributed by atoms with Crippen LogP contribution in [0.3, 0.4) is 0 Å². The van der Waals surface area contributed by atoms with Gasteiger partial charge in [-0.25, -0.2) is 4.79 Å². The first-order valence-corrected chi connectivity index (χ1v) is 9.88. The van der Waals surface area contributed by atoms with Crippen molar-refractivity contribution in [1.82, 2.24) is 15.5 Å². The second-order valence-electron chi connectivity index (χ2n) is 7.24. The first-order chi connectivity index (χ1) is 14.0. The zero-order valence-corrected chi connectivity index (χ0v) is 16.6. The second-order valence-corrected chi connectivity index (χ2v) is 7.24. The lowest BCUT2D eigenvalue weighted by atomic mass is 10.0. The minimum atomic E-state index is -0.665. The third-order valence-electron chi connectivity index (χ3n) is 5.18. The Morgan fingerprint density at radius 3 is 2.52 bits per heavy atom. The minimum Gasteiger partial charge on any atom is -0.457 e. The normalized spacial score (nSPS) is 15.3. The summed E-state index contributed by atoms with van der Waals surface area (Å²) in [7, 11) is 1.83. The number of amides is 3. The second kappa shape index (κ2) is 9.93. The van der Waals surface area contributed by atoms with Gasteiger partial charge in [0.05, 0.1) is 12.5 Å². The molecule has 3 rings (SSSR count). The predicted octanol–water partition coefficient (Wildman–Crippen LogP) is 2.79. The van der Waals surface area contributed by atoms with Crippen molar-refractivity contribution in [2.45, 2.75) is 31.3 Å². The molecule has 1 unspecified atom stereocenters. The summed E-state index contributed by atoms with van der Waals surface area (Å²) in [5.41, 5.74) is 6.14. The third kappa shape index (κ3) is 5.96. The van der Waals surface area contributed by atoms with Gasteiger partial charge in [-0.1, -0.05) is 30.3 Å². The van der Waals surface area contributed by atoms with Crippen LogP contribution in [0.2, 0.25) is 0 Å². The molecule has 2 aromatic carbocycles. The van der Waals surface area contributed by atoms with E-state index in [0.29, 0.717) is 11.5 Å². The summed E-state index contributed by atoms with van der Waals surface area (Å²) in [6.45, 7) is 1.81. The van der Waals surface area contributed by atoms with E-state index in [0.717, 1.165) is 31.5 Å². The van der Waals surface area contributed by atoms with E-state index in [2.05, 4.69) is 10.6 Å². The summed E-state index contributed by atoms with van der Waals surface area (Å²) in [4.78, 5) is 26.2. The molecular formula is C22H28N4O3. The van der Waals surface area contributed by atoms with Gasteiger partial charge in [-0.3, -0.25) is 4.79 Å². The van der Waals surface area contributed by atoms with Crippen LogP contribution in [-0.2, 0) is 4.79 Å². The van der Waals surface area contributed by atoms with E-state index < -0.39 is 12.1 Å². The highest BCUT2D eigenvalue weighted by atomic mass is 16.5. The summed E-state index contributed by atoms with van der Waals surface area (Å²) in [5, 5.41) is 6.00. The molecule has 0 aliphatic carbocycles. The summed E-state index contributed by atoms with van der Waals surface area (Å²) < 4.78 is 5.88. The molecule has 1 atom stereocenters. The first kappa shape index (κ1) is 20.7. The van der Waals surface area contributed by atoms with Gasteiger partial charge in [-0.2, -0.15) is 0 Å². The Kier molecular flexibility index (Phi) is 7.08. The largest absolute Gasteiger partial charge is 0.457 e. The zero-order valence-electron chi connectivity index (χ0n) is 16.6. The highest BCUT2D eigenvalue weighted by Crippen LogP contribution is 2.26. The van der Waals surface area contributed by atoms with E-state index in [-0.39, 0.29) is 18.4 Å². The van der Waals surface area contributed by atoms with Crippen LogP contribution in [0.1, 0.15) is 30.9 Å². The van der Waals surface area contributed by atoms with Crippen molar-refractivity contribution in [3.8, 4) is 11.5 Å². The van der Waals surface area contributed by atoms with Crippen molar-refractivity contribution < 1.29 is 14.3 Å². The van der Waals surface area contributed by atoms with E-state index in [1.807, 2.05) is 61.6 Å². The number of rotatable bonds is 7. The van der Waals surface area contributed by atoms with Crippen LogP contribution in [0.4, 0.5) is 4.79 Å². The number of benzene rings is 2. The molecular weight excluding hydrogens is 368 g/mol. The van der Waals surface area contributed by atoms with Crippen LogP contribution in [-0.4, -0.2) is 43.0 Å². The van der Waals surface area contributed by atoms with Gasteiger partial charge in [0, 0.05) is 13.1 Å². The molecule has 1 aliphatic heterocycles. The maximum atomic E-state index is 12.9. The molecule has 1 aliphatic rings. The molecule has 1 saturated heterocycles. The Bertz CT molecular complexity index is 822. The van der Waals surface area contributed by atoms with Gasteiger partial charge in [0.25, 0.3) is 0 Å². The van der Waals surface area contributed by atoms with Crippen LogP contribution in [0.15, 0.2) is 54.6 Å². The molecule has 0 aromatic heterocycles. The van der Waals surface area contributed by atoms with Gasteiger partial charge in [-0.15, -0.1) is 0 Å². The molecule has 0 bridgehead atoms. The molecule has 1 heterocycles. The van der Waals surface area contributed by atoms with Crippen LogP contribution < -0.4 is 21.1 Å². The van der Waals surface area contributed by atoms with E-state index in [1.165, 1.54) is 0 Å². The summed E-state index contributed by atoms with van der Waals surface area (Å²) >= 11 is 0. The molecule has 29 heavy (non-hydrogen) atoms. The number of hydrogen-bond donors (Lipinski definition) is 3. The monoisotopic (exact) mass is 396 g/mol. The Morgan fingerprint density at radius 1 is 1.14 bits per heavy atom. The number of ether oxygens (including phenoxy) is 1. The number of primary amides is 1. The number of nitrogens with two attached hydrogens (primary N) is 1. The fourth-order valence-corrected chi connectivity index (χ4v) is 3.56. The van der Waals surface area contributed by atoms with Gasteiger partial charge in [0.2, 0.25) is 5.91 Å². The lowest BCUT2D eigenvalue weighted by molar-refractivity contribution is -0.132. The molecule has 3 amide bonds. The minimum absolute atomic E-state index is 0.0231. The Hall–Kier alpha value is -3.06. The van der Waals surface area contributed by atoms with E-state index in [9.17, 15) is 9.59 Å². The third-order valence-corrected chi connectivity index (χ3v) is 5.18. The highest BCUT2D eigenvalue weighted by molar-refractivity contribution is 5.79. The number of para-hydroxylation sites is 1. The smallest absolute Gasteiger partial charge is 0.312 e. The molecule has 7 nitrogen and oxygen atoms in total. The average molecular weight is 396 g/mol. The molecule has 0 radical (unpaired) electrons. The highest BCUT2D eigenvalue weighted by Gasteiger charge is 2.25. The number of urea groups is 1. The number of nitrogens with one attached hydrogen (secondary N) is 2. The van der Waals surface area contributed by atoms with Crippen molar-refractivity contribution in [3.63, 3.8) is 0 Å². The van der Waals surface area contributed by atoms with Crippen LogP contribution in [0, 0.1) is 0 Å². The quantitative estimate of drug-likeness (QED) is 0.670. The Morgan fingerprint density at radius 2 is 1.83 bits per heavy atom. The Balaban J connectivity index is 1.73. The predicted molar refractivity (Wildman–Crippen MR) is 112 cm³/mol. The van der Waals surface area contributed by atoms with Gasteiger partial charge >= 0.3 is 6.03 Å². The van der Waals surface area contributed by atoms with E-state index in [4.69, 9.17) is 10.5 Å². The average Bonchev–Trinajstić information content (AvgIpc) is 2.74. The standard InChI is InChI=1S/C22H28N4O3/c1-26(17-10-12-24-13-11-17)21(27)15-20(25-22(23)28)16-6-5-9-19(14-16)29-18-7-3-2-4-8-18/h2-9,14,17,20,24H,10-13,15H2,1H3,(H3,23,25,28). The van der Waals surface area contributed by atoms with Gasteiger partial charge in [-0.05, 0) is 55.8 Å².